The van der Waals surface area contributed by atoms with E-state index in [2.05, 4.69) is 24.5 Å². The van der Waals surface area contributed by atoms with E-state index in [4.69, 9.17) is 5.73 Å². The van der Waals surface area contributed by atoms with Crippen LogP contribution in [0.5, 0.6) is 0 Å². The molecule has 0 bridgehead atoms. The van der Waals surface area contributed by atoms with E-state index >= 15 is 0 Å². The standard InChI is InChI=1S/C18H27N3O2/c1-3-4-5-15(11-19)21-17(22)13-6-8-14(9-7-13)20-18(23)16-10-12(16)2/h6-9,12,15-16H,3-5,10-11,19H2,1-2H3,(H,20,23)(H,21,22). The fourth-order valence-corrected chi connectivity index (χ4v) is 2.60. The van der Waals surface area contributed by atoms with Crippen LogP contribution in [0.25, 0.3) is 0 Å². The van der Waals surface area contributed by atoms with Gasteiger partial charge in [0.25, 0.3) is 5.91 Å². The van der Waals surface area contributed by atoms with Crippen LogP contribution in [-0.4, -0.2) is 24.4 Å². The SMILES string of the molecule is CCCCC(CN)NC(=O)c1ccc(NC(=O)C2CC2C)cc1. The van der Waals surface area contributed by atoms with Crippen molar-refractivity contribution < 1.29 is 9.59 Å². The Morgan fingerprint density at radius 1 is 1.30 bits per heavy atom. The number of benzene rings is 1. The zero-order valence-electron chi connectivity index (χ0n) is 14.0. The second-order valence-corrected chi connectivity index (χ2v) is 6.43. The molecule has 3 atom stereocenters. The average molecular weight is 317 g/mol. The van der Waals surface area contributed by atoms with Crippen molar-refractivity contribution in [2.45, 2.75) is 45.6 Å². The summed E-state index contributed by atoms with van der Waals surface area (Å²) in [5.41, 5.74) is 7.01. The van der Waals surface area contributed by atoms with Gasteiger partial charge in [0.05, 0.1) is 0 Å². The maximum absolute atomic E-state index is 12.2. The van der Waals surface area contributed by atoms with E-state index in [1.807, 2.05) is 0 Å². The molecule has 1 aliphatic carbocycles. The minimum atomic E-state index is -0.120. The Bertz CT molecular complexity index is 542. The summed E-state index contributed by atoms with van der Waals surface area (Å²) in [6, 6.07) is 7.01. The smallest absolute Gasteiger partial charge is 0.251 e. The Morgan fingerprint density at radius 2 is 1.96 bits per heavy atom. The molecule has 0 aliphatic heterocycles. The molecule has 0 radical (unpaired) electrons. The summed E-state index contributed by atoms with van der Waals surface area (Å²) < 4.78 is 0. The van der Waals surface area contributed by atoms with Gasteiger partial charge in [-0.05, 0) is 43.0 Å². The van der Waals surface area contributed by atoms with Crippen molar-refractivity contribution in [2.24, 2.45) is 17.6 Å². The number of anilines is 1. The minimum Gasteiger partial charge on any atom is -0.348 e. The number of amides is 2. The van der Waals surface area contributed by atoms with Gasteiger partial charge in [-0.3, -0.25) is 9.59 Å². The van der Waals surface area contributed by atoms with Crippen LogP contribution in [0, 0.1) is 11.8 Å². The van der Waals surface area contributed by atoms with Gasteiger partial charge in [0.15, 0.2) is 0 Å². The summed E-state index contributed by atoms with van der Waals surface area (Å²) in [4.78, 5) is 24.1. The van der Waals surface area contributed by atoms with Crippen molar-refractivity contribution in [2.75, 3.05) is 11.9 Å². The molecule has 5 nitrogen and oxygen atoms in total. The molecule has 3 unspecified atom stereocenters. The van der Waals surface area contributed by atoms with Crippen molar-refractivity contribution in [1.82, 2.24) is 5.32 Å². The lowest BCUT2D eigenvalue weighted by molar-refractivity contribution is -0.117. The number of nitrogens with one attached hydrogen (secondary N) is 2. The quantitative estimate of drug-likeness (QED) is 0.689. The van der Waals surface area contributed by atoms with Gasteiger partial charge < -0.3 is 16.4 Å². The fourth-order valence-electron chi connectivity index (χ4n) is 2.60. The Morgan fingerprint density at radius 3 is 2.48 bits per heavy atom. The van der Waals surface area contributed by atoms with Crippen LogP contribution in [0.3, 0.4) is 0 Å². The van der Waals surface area contributed by atoms with Crippen molar-refractivity contribution in [3.63, 3.8) is 0 Å². The number of rotatable bonds is 8. The highest BCUT2D eigenvalue weighted by Gasteiger charge is 2.39. The minimum absolute atomic E-state index is 0.0122. The predicted molar refractivity (Wildman–Crippen MR) is 92.2 cm³/mol. The summed E-state index contributed by atoms with van der Waals surface area (Å²) in [5, 5.41) is 5.85. The van der Waals surface area contributed by atoms with Crippen LogP contribution in [0.15, 0.2) is 24.3 Å². The van der Waals surface area contributed by atoms with E-state index in [-0.39, 0.29) is 23.8 Å². The van der Waals surface area contributed by atoms with Gasteiger partial charge in [0, 0.05) is 29.8 Å². The zero-order chi connectivity index (χ0) is 16.8. The molecule has 5 heteroatoms. The van der Waals surface area contributed by atoms with Crippen molar-refractivity contribution in [1.29, 1.82) is 0 Å². The van der Waals surface area contributed by atoms with E-state index in [1.54, 1.807) is 24.3 Å². The lowest BCUT2D eigenvalue weighted by Crippen LogP contribution is -2.40. The van der Waals surface area contributed by atoms with E-state index in [1.165, 1.54) is 0 Å². The summed E-state index contributed by atoms with van der Waals surface area (Å²) >= 11 is 0. The molecule has 1 aromatic rings. The normalized spacial score (nSPS) is 20.7. The number of nitrogens with two attached hydrogens (primary N) is 1. The maximum atomic E-state index is 12.2. The highest BCUT2D eigenvalue weighted by molar-refractivity contribution is 5.97. The molecule has 0 spiro atoms. The van der Waals surface area contributed by atoms with Crippen molar-refractivity contribution in [3.05, 3.63) is 29.8 Å². The van der Waals surface area contributed by atoms with Crippen molar-refractivity contribution >= 4 is 17.5 Å². The first-order chi connectivity index (χ1) is 11.0. The number of carbonyl (C=O) groups excluding carboxylic acids is 2. The Balaban J connectivity index is 1.87. The van der Waals surface area contributed by atoms with Crippen LogP contribution in [-0.2, 0) is 4.79 Å². The van der Waals surface area contributed by atoms with Gasteiger partial charge in [0.2, 0.25) is 5.91 Å². The summed E-state index contributed by atoms with van der Waals surface area (Å²) in [6.07, 6.45) is 3.99. The fraction of sp³-hybridized carbons (Fsp3) is 0.556. The van der Waals surface area contributed by atoms with Crippen LogP contribution in [0.4, 0.5) is 5.69 Å². The Hall–Kier alpha value is -1.88. The molecule has 2 amide bonds. The summed E-state index contributed by atoms with van der Waals surface area (Å²) in [5.74, 6) is 0.570. The van der Waals surface area contributed by atoms with E-state index in [9.17, 15) is 9.59 Å². The molecule has 1 fully saturated rings. The summed E-state index contributed by atoms with van der Waals surface area (Å²) in [6.45, 7) is 4.63. The van der Waals surface area contributed by atoms with E-state index in [0.29, 0.717) is 18.0 Å². The van der Waals surface area contributed by atoms with Gasteiger partial charge in [-0.25, -0.2) is 0 Å². The second-order valence-electron chi connectivity index (χ2n) is 6.43. The first-order valence-corrected chi connectivity index (χ1v) is 8.47. The molecule has 0 aromatic heterocycles. The maximum Gasteiger partial charge on any atom is 0.251 e. The molecule has 1 aromatic carbocycles. The number of carbonyl (C=O) groups is 2. The lowest BCUT2D eigenvalue weighted by Gasteiger charge is -2.16. The molecule has 1 saturated carbocycles. The van der Waals surface area contributed by atoms with Crippen LogP contribution < -0.4 is 16.4 Å². The van der Waals surface area contributed by atoms with Crippen molar-refractivity contribution in [3.8, 4) is 0 Å². The van der Waals surface area contributed by atoms with E-state index < -0.39 is 0 Å². The molecule has 23 heavy (non-hydrogen) atoms. The van der Waals surface area contributed by atoms with Gasteiger partial charge in [-0.2, -0.15) is 0 Å². The highest BCUT2D eigenvalue weighted by atomic mass is 16.2. The molecular formula is C18H27N3O2. The van der Waals surface area contributed by atoms with E-state index in [0.717, 1.165) is 31.4 Å². The second kappa shape index (κ2) is 8.11. The molecule has 126 valence electrons. The Labute approximate surface area is 138 Å². The van der Waals surface area contributed by atoms with Gasteiger partial charge in [-0.15, -0.1) is 0 Å². The lowest BCUT2D eigenvalue weighted by atomic mass is 10.1. The zero-order valence-corrected chi connectivity index (χ0v) is 14.0. The molecule has 4 N–H and O–H groups in total. The third kappa shape index (κ3) is 5.06. The highest BCUT2D eigenvalue weighted by Crippen LogP contribution is 2.38. The topological polar surface area (TPSA) is 84.2 Å². The first kappa shape index (κ1) is 17.5. The van der Waals surface area contributed by atoms with Gasteiger partial charge in [0.1, 0.15) is 0 Å². The summed E-state index contributed by atoms with van der Waals surface area (Å²) in [7, 11) is 0. The molecule has 0 saturated heterocycles. The third-order valence-electron chi connectivity index (χ3n) is 4.39. The van der Waals surface area contributed by atoms with Crippen LogP contribution in [0.1, 0.15) is 49.9 Å². The van der Waals surface area contributed by atoms with Crippen LogP contribution in [0.2, 0.25) is 0 Å². The van der Waals surface area contributed by atoms with Gasteiger partial charge >= 0.3 is 0 Å². The number of hydrogen-bond donors (Lipinski definition) is 3. The molecule has 2 rings (SSSR count). The average Bonchev–Trinajstić information content (AvgIpc) is 3.29. The molecule has 0 heterocycles. The first-order valence-electron chi connectivity index (χ1n) is 8.47. The Kier molecular flexibility index (Phi) is 6.16. The van der Waals surface area contributed by atoms with Gasteiger partial charge in [-0.1, -0.05) is 26.7 Å². The van der Waals surface area contributed by atoms with Crippen LogP contribution >= 0.6 is 0 Å². The predicted octanol–water partition coefficient (Wildman–Crippen LogP) is 2.53. The monoisotopic (exact) mass is 317 g/mol. The number of hydrogen-bond acceptors (Lipinski definition) is 3. The molecular weight excluding hydrogens is 290 g/mol. The third-order valence-corrected chi connectivity index (χ3v) is 4.39. The molecule has 1 aliphatic rings. The number of unbranched alkanes of at least 4 members (excludes halogenated alkanes) is 1. The largest absolute Gasteiger partial charge is 0.348 e.